The average Bonchev–Trinajstić information content (AvgIpc) is 2.81. The van der Waals surface area contributed by atoms with Crippen molar-refractivity contribution in [2.24, 2.45) is 5.92 Å². The van der Waals surface area contributed by atoms with Gasteiger partial charge in [-0.15, -0.1) is 0 Å². The first-order valence-electron chi connectivity index (χ1n) is 6.63. The molecule has 1 aliphatic rings. The van der Waals surface area contributed by atoms with E-state index in [9.17, 15) is 9.59 Å². The molecule has 108 valence electrons. The fourth-order valence-corrected chi connectivity index (χ4v) is 2.77. The monoisotopic (exact) mass is 339 g/mol. The molecule has 1 atom stereocenters. The molecule has 0 aromatic heterocycles. The third-order valence-electron chi connectivity index (χ3n) is 3.34. The van der Waals surface area contributed by atoms with E-state index in [1.165, 1.54) is 0 Å². The summed E-state index contributed by atoms with van der Waals surface area (Å²) in [5.41, 5.74) is 0.822. The number of anilines is 1. The molecular weight excluding hydrogens is 322 g/mol. The Morgan fingerprint density at radius 3 is 2.85 bits per heavy atom. The van der Waals surface area contributed by atoms with Gasteiger partial charge in [-0.25, -0.2) is 0 Å². The van der Waals surface area contributed by atoms with Gasteiger partial charge in [-0.2, -0.15) is 0 Å². The van der Waals surface area contributed by atoms with Crippen LogP contribution in [0.15, 0.2) is 28.7 Å². The normalized spacial score (nSPS) is 18.4. The van der Waals surface area contributed by atoms with Gasteiger partial charge in [-0.1, -0.05) is 12.1 Å². The zero-order chi connectivity index (χ0) is 14.5. The average molecular weight is 340 g/mol. The van der Waals surface area contributed by atoms with Crippen molar-refractivity contribution < 1.29 is 9.59 Å². The van der Waals surface area contributed by atoms with Crippen molar-refractivity contribution in [3.05, 3.63) is 28.7 Å². The molecule has 0 spiro atoms. The Morgan fingerprint density at radius 2 is 2.15 bits per heavy atom. The molecule has 0 radical (unpaired) electrons. The molecule has 0 bridgehead atoms. The van der Waals surface area contributed by atoms with Crippen LogP contribution >= 0.6 is 15.9 Å². The summed E-state index contributed by atoms with van der Waals surface area (Å²) in [7, 11) is 1.82. The van der Waals surface area contributed by atoms with Crippen molar-refractivity contribution in [2.75, 3.05) is 31.6 Å². The Bertz CT molecular complexity index is 507. The predicted octanol–water partition coefficient (Wildman–Crippen LogP) is 1.14. The topological polar surface area (TPSA) is 61.4 Å². The first kappa shape index (κ1) is 15.0. The van der Waals surface area contributed by atoms with Gasteiger partial charge in [0.2, 0.25) is 11.8 Å². The van der Waals surface area contributed by atoms with Gasteiger partial charge in [0.05, 0.1) is 5.69 Å². The minimum atomic E-state index is -0.570. The second-order valence-corrected chi connectivity index (χ2v) is 5.53. The van der Waals surface area contributed by atoms with E-state index in [4.69, 9.17) is 0 Å². The number of likely N-dealkylation sites (N-methyl/N-ethyl adjacent to an activating group) is 1. The van der Waals surface area contributed by atoms with Gasteiger partial charge in [0, 0.05) is 24.1 Å². The Hall–Kier alpha value is -1.40. The number of nitrogens with one attached hydrogen (secondary N) is 2. The van der Waals surface area contributed by atoms with Gasteiger partial charge in [-0.05, 0) is 41.5 Å². The second kappa shape index (κ2) is 6.85. The molecule has 1 aromatic rings. The Kier molecular flexibility index (Phi) is 5.14. The van der Waals surface area contributed by atoms with E-state index in [0.717, 1.165) is 10.2 Å². The molecule has 2 N–H and O–H groups in total. The third-order valence-corrected chi connectivity index (χ3v) is 4.01. The minimum Gasteiger partial charge on any atom is -0.354 e. The summed E-state index contributed by atoms with van der Waals surface area (Å²) in [6.45, 7) is 1.81. The molecule has 0 aliphatic carbocycles. The van der Waals surface area contributed by atoms with Gasteiger partial charge in [-0.3, -0.25) is 9.59 Å². The smallest absolute Gasteiger partial charge is 0.239 e. The molecule has 2 amide bonds. The van der Waals surface area contributed by atoms with E-state index in [2.05, 4.69) is 26.6 Å². The predicted molar refractivity (Wildman–Crippen MR) is 81.5 cm³/mol. The summed E-state index contributed by atoms with van der Waals surface area (Å²) in [6.07, 6.45) is 0.561. The molecule has 0 saturated carbocycles. The summed E-state index contributed by atoms with van der Waals surface area (Å²) in [5.74, 6) is -0.877. The van der Waals surface area contributed by atoms with Crippen molar-refractivity contribution >= 4 is 33.4 Å². The summed E-state index contributed by atoms with van der Waals surface area (Å²) < 4.78 is 0.865. The number of nitrogens with zero attached hydrogens (tertiary/aromatic N) is 1. The first-order valence-corrected chi connectivity index (χ1v) is 7.42. The molecule has 1 aliphatic heterocycles. The number of para-hydroxylation sites is 1. The van der Waals surface area contributed by atoms with Crippen molar-refractivity contribution in [1.82, 2.24) is 10.6 Å². The van der Waals surface area contributed by atoms with E-state index < -0.39 is 5.92 Å². The summed E-state index contributed by atoms with van der Waals surface area (Å²) >= 11 is 3.44. The molecule has 1 saturated heterocycles. The van der Waals surface area contributed by atoms with Crippen LogP contribution in [-0.2, 0) is 9.59 Å². The summed E-state index contributed by atoms with van der Waals surface area (Å²) in [4.78, 5) is 26.0. The molecule has 1 unspecified atom stereocenters. The zero-order valence-electron chi connectivity index (χ0n) is 11.4. The van der Waals surface area contributed by atoms with Crippen molar-refractivity contribution in [3.8, 4) is 0 Å². The molecule has 5 nitrogen and oxygen atoms in total. The lowest BCUT2D eigenvalue weighted by Gasteiger charge is -2.18. The number of rotatable bonds is 5. The molecule has 1 heterocycles. The number of hydrogen-bond donors (Lipinski definition) is 2. The maximum atomic E-state index is 12.4. The lowest BCUT2D eigenvalue weighted by atomic mass is 10.1. The van der Waals surface area contributed by atoms with Crippen LogP contribution in [0.25, 0.3) is 0 Å². The summed E-state index contributed by atoms with van der Waals surface area (Å²) in [5, 5.41) is 5.73. The number of carbonyl (C=O) groups excluding carboxylic acids is 2. The molecule has 20 heavy (non-hydrogen) atoms. The number of carbonyl (C=O) groups is 2. The Morgan fingerprint density at radius 1 is 1.40 bits per heavy atom. The fourth-order valence-electron chi connectivity index (χ4n) is 2.27. The van der Waals surface area contributed by atoms with Crippen LogP contribution < -0.4 is 15.5 Å². The van der Waals surface area contributed by atoms with Crippen LogP contribution in [0.1, 0.15) is 6.42 Å². The summed E-state index contributed by atoms with van der Waals surface area (Å²) in [6, 6.07) is 7.55. The lowest BCUT2D eigenvalue weighted by molar-refractivity contribution is -0.132. The molecule has 1 aromatic carbocycles. The van der Waals surface area contributed by atoms with Gasteiger partial charge >= 0.3 is 0 Å². The number of hydrogen-bond acceptors (Lipinski definition) is 3. The Labute approximate surface area is 126 Å². The van der Waals surface area contributed by atoms with E-state index in [1.807, 2.05) is 31.3 Å². The van der Waals surface area contributed by atoms with Crippen molar-refractivity contribution in [2.45, 2.75) is 6.42 Å². The Balaban J connectivity index is 2.02. The van der Waals surface area contributed by atoms with Crippen LogP contribution in [0.4, 0.5) is 5.69 Å². The number of amides is 2. The molecule has 6 heteroatoms. The maximum Gasteiger partial charge on any atom is 0.239 e. The number of benzene rings is 1. The van der Waals surface area contributed by atoms with Crippen LogP contribution in [0.3, 0.4) is 0 Å². The first-order chi connectivity index (χ1) is 9.65. The standard InChI is InChI=1S/C14H18BrN3O2/c1-16-7-8-17-13(19)10-6-9-18(14(10)20)12-5-3-2-4-11(12)15/h2-5,10,16H,6-9H2,1H3,(H,17,19). The zero-order valence-corrected chi connectivity index (χ0v) is 12.9. The van der Waals surface area contributed by atoms with E-state index in [-0.39, 0.29) is 11.8 Å². The van der Waals surface area contributed by atoms with Crippen molar-refractivity contribution in [1.29, 1.82) is 0 Å². The quantitative estimate of drug-likeness (QED) is 0.624. The highest BCUT2D eigenvalue weighted by atomic mass is 79.9. The van der Waals surface area contributed by atoms with Crippen molar-refractivity contribution in [3.63, 3.8) is 0 Å². The molecule has 2 rings (SSSR count). The largest absolute Gasteiger partial charge is 0.354 e. The highest BCUT2D eigenvalue weighted by molar-refractivity contribution is 9.10. The van der Waals surface area contributed by atoms with Gasteiger partial charge < -0.3 is 15.5 Å². The van der Waals surface area contributed by atoms with Gasteiger partial charge in [0.1, 0.15) is 5.92 Å². The SMILES string of the molecule is CNCCNC(=O)C1CCN(c2ccccc2Br)C1=O. The van der Waals surface area contributed by atoms with Crippen LogP contribution in [0, 0.1) is 5.92 Å². The minimum absolute atomic E-state index is 0.126. The van der Waals surface area contributed by atoms with E-state index >= 15 is 0 Å². The second-order valence-electron chi connectivity index (χ2n) is 4.68. The highest BCUT2D eigenvalue weighted by Crippen LogP contribution is 2.31. The highest BCUT2D eigenvalue weighted by Gasteiger charge is 2.37. The van der Waals surface area contributed by atoms with E-state index in [0.29, 0.717) is 26.1 Å². The maximum absolute atomic E-state index is 12.4. The fraction of sp³-hybridized carbons (Fsp3) is 0.429. The lowest BCUT2D eigenvalue weighted by Crippen LogP contribution is -2.39. The van der Waals surface area contributed by atoms with Crippen LogP contribution in [0.5, 0.6) is 0 Å². The van der Waals surface area contributed by atoms with Gasteiger partial charge in [0.25, 0.3) is 0 Å². The molecular formula is C14H18BrN3O2. The van der Waals surface area contributed by atoms with E-state index in [1.54, 1.807) is 4.90 Å². The van der Waals surface area contributed by atoms with Gasteiger partial charge in [0.15, 0.2) is 0 Å². The molecule has 1 fully saturated rings. The number of halogens is 1. The van der Waals surface area contributed by atoms with Crippen LogP contribution in [-0.4, -0.2) is 38.5 Å². The third kappa shape index (κ3) is 3.19. The van der Waals surface area contributed by atoms with Crippen LogP contribution in [0.2, 0.25) is 0 Å².